The zero-order valence-electron chi connectivity index (χ0n) is 9.55. The van der Waals surface area contributed by atoms with E-state index in [2.05, 4.69) is 0 Å². The van der Waals surface area contributed by atoms with Gasteiger partial charge in [-0.3, -0.25) is 0 Å². The van der Waals surface area contributed by atoms with Crippen LogP contribution in [-0.4, -0.2) is 18.8 Å². The van der Waals surface area contributed by atoms with E-state index in [-0.39, 0.29) is 5.82 Å². The normalized spacial score (nSPS) is 15.0. The molecule has 2 N–H and O–H groups in total. The topological polar surface area (TPSA) is 44.5 Å². The lowest BCUT2D eigenvalue weighted by molar-refractivity contribution is 0.168. The molecule has 1 aliphatic rings. The van der Waals surface area contributed by atoms with E-state index in [1.165, 1.54) is 6.07 Å². The largest absolute Gasteiger partial charge is 0.486 e. The van der Waals surface area contributed by atoms with Crippen molar-refractivity contribution in [1.82, 2.24) is 0 Å². The molecule has 3 nitrogen and oxygen atoms in total. The molecule has 16 heavy (non-hydrogen) atoms. The summed E-state index contributed by atoms with van der Waals surface area (Å²) in [4.78, 5) is 0. The van der Waals surface area contributed by atoms with Gasteiger partial charge in [0.05, 0.1) is 0 Å². The third kappa shape index (κ3) is 2.27. The fourth-order valence-electron chi connectivity index (χ4n) is 1.77. The molecule has 1 heterocycles. The van der Waals surface area contributed by atoms with E-state index in [1.807, 2.05) is 13.8 Å². The first-order valence-corrected chi connectivity index (χ1v) is 5.33. The standard InChI is InChI=1S/C12H16FNO2/c1-12(2,14)7-8-9(13)3-4-10-11(8)16-6-5-15-10/h3-4H,5-7,14H2,1-2H3. The lowest BCUT2D eigenvalue weighted by Gasteiger charge is -2.25. The van der Waals surface area contributed by atoms with Crippen molar-refractivity contribution in [2.45, 2.75) is 25.8 Å². The average Bonchev–Trinajstić information content (AvgIpc) is 2.21. The van der Waals surface area contributed by atoms with Crippen molar-refractivity contribution in [3.8, 4) is 11.5 Å². The molecule has 0 bridgehead atoms. The van der Waals surface area contributed by atoms with E-state index >= 15 is 0 Å². The van der Waals surface area contributed by atoms with Crippen LogP contribution in [-0.2, 0) is 6.42 Å². The Morgan fingerprint density at radius 1 is 1.31 bits per heavy atom. The van der Waals surface area contributed by atoms with Crippen LogP contribution in [0.2, 0.25) is 0 Å². The summed E-state index contributed by atoms with van der Waals surface area (Å²) in [6, 6.07) is 2.99. The molecule has 0 spiro atoms. The van der Waals surface area contributed by atoms with Crippen LogP contribution < -0.4 is 15.2 Å². The predicted octanol–water partition coefficient (Wildman–Crippen LogP) is 1.88. The highest BCUT2D eigenvalue weighted by Crippen LogP contribution is 2.36. The molecule has 0 atom stereocenters. The Morgan fingerprint density at radius 3 is 2.69 bits per heavy atom. The number of nitrogens with two attached hydrogens (primary N) is 1. The molecule has 88 valence electrons. The summed E-state index contributed by atoms with van der Waals surface area (Å²) in [5, 5.41) is 0. The third-order valence-corrected chi connectivity index (χ3v) is 2.39. The highest BCUT2D eigenvalue weighted by molar-refractivity contribution is 5.48. The van der Waals surface area contributed by atoms with Crippen LogP contribution in [0.25, 0.3) is 0 Å². The van der Waals surface area contributed by atoms with E-state index in [1.54, 1.807) is 6.07 Å². The van der Waals surface area contributed by atoms with E-state index in [0.29, 0.717) is 36.7 Å². The highest BCUT2D eigenvalue weighted by atomic mass is 19.1. The summed E-state index contributed by atoms with van der Waals surface area (Å²) < 4.78 is 24.6. The lowest BCUT2D eigenvalue weighted by Crippen LogP contribution is -2.35. The molecule has 0 saturated heterocycles. The molecule has 0 radical (unpaired) electrons. The SMILES string of the molecule is CC(C)(N)Cc1c(F)ccc2c1OCCO2. The number of halogens is 1. The molecule has 1 aromatic carbocycles. The second-order valence-corrected chi connectivity index (χ2v) is 4.72. The molecule has 1 aliphatic heterocycles. The lowest BCUT2D eigenvalue weighted by atomic mass is 9.95. The summed E-state index contributed by atoms with van der Waals surface area (Å²) in [7, 11) is 0. The minimum Gasteiger partial charge on any atom is -0.486 e. The molecule has 0 saturated carbocycles. The van der Waals surface area contributed by atoms with Gasteiger partial charge in [-0.25, -0.2) is 4.39 Å². The van der Waals surface area contributed by atoms with E-state index in [0.717, 1.165) is 0 Å². The van der Waals surface area contributed by atoms with Crippen molar-refractivity contribution in [3.63, 3.8) is 0 Å². The van der Waals surface area contributed by atoms with Crippen molar-refractivity contribution < 1.29 is 13.9 Å². The fourth-order valence-corrected chi connectivity index (χ4v) is 1.77. The minimum atomic E-state index is -0.475. The molecule has 0 amide bonds. The van der Waals surface area contributed by atoms with Crippen molar-refractivity contribution in [3.05, 3.63) is 23.5 Å². The second kappa shape index (κ2) is 3.94. The van der Waals surface area contributed by atoms with Crippen molar-refractivity contribution >= 4 is 0 Å². The van der Waals surface area contributed by atoms with Gasteiger partial charge >= 0.3 is 0 Å². The van der Waals surface area contributed by atoms with Gasteiger partial charge in [-0.15, -0.1) is 0 Å². The zero-order chi connectivity index (χ0) is 11.8. The third-order valence-electron chi connectivity index (χ3n) is 2.39. The molecular formula is C12H16FNO2. The summed E-state index contributed by atoms with van der Waals surface area (Å²) in [5.41, 5.74) is 5.94. The average molecular weight is 225 g/mol. The summed E-state index contributed by atoms with van der Waals surface area (Å²) in [6.07, 6.45) is 0.422. The Morgan fingerprint density at radius 2 is 2.00 bits per heavy atom. The first-order chi connectivity index (χ1) is 7.47. The summed E-state index contributed by atoms with van der Waals surface area (Å²) in [6.45, 7) is 4.67. The number of benzene rings is 1. The molecule has 0 unspecified atom stereocenters. The van der Waals surface area contributed by atoms with Gasteiger partial charge in [0.25, 0.3) is 0 Å². The minimum absolute atomic E-state index is 0.289. The Labute approximate surface area is 94.3 Å². The maximum atomic E-state index is 13.7. The Hall–Kier alpha value is -1.29. The number of fused-ring (bicyclic) bond motifs is 1. The van der Waals surface area contributed by atoms with E-state index in [9.17, 15) is 4.39 Å². The van der Waals surface area contributed by atoms with Gasteiger partial charge in [-0.05, 0) is 32.4 Å². The Kier molecular flexibility index (Phi) is 2.76. The van der Waals surface area contributed by atoms with Crippen LogP contribution in [0.4, 0.5) is 4.39 Å². The molecule has 1 aromatic rings. The quantitative estimate of drug-likeness (QED) is 0.835. The van der Waals surface area contributed by atoms with Crippen LogP contribution in [0.5, 0.6) is 11.5 Å². The highest BCUT2D eigenvalue weighted by Gasteiger charge is 2.23. The molecule has 2 rings (SSSR count). The van der Waals surface area contributed by atoms with Crippen LogP contribution in [0, 0.1) is 5.82 Å². The number of ether oxygens (including phenoxy) is 2. The predicted molar refractivity (Wildman–Crippen MR) is 59.4 cm³/mol. The van der Waals surface area contributed by atoms with Crippen molar-refractivity contribution in [1.29, 1.82) is 0 Å². The number of hydrogen-bond acceptors (Lipinski definition) is 3. The molecule has 4 heteroatoms. The maximum absolute atomic E-state index is 13.7. The van der Waals surface area contributed by atoms with Crippen molar-refractivity contribution in [2.75, 3.05) is 13.2 Å². The van der Waals surface area contributed by atoms with Gasteiger partial charge in [0.2, 0.25) is 0 Å². The molecule has 0 aliphatic carbocycles. The molecule has 0 aromatic heterocycles. The summed E-state index contributed by atoms with van der Waals surface area (Å²) >= 11 is 0. The van der Waals surface area contributed by atoms with Gasteiger partial charge in [0.15, 0.2) is 11.5 Å². The number of hydrogen-bond donors (Lipinski definition) is 1. The van der Waals surface area contributed by atoms with Crippen LogP contribution >= 0.6 is 0 Å². The Bertz CT molecular complexity index is 399. The van der Waals surface area contributed by atoms with Crippen LogP contribution in [0.3, 0.4) is 0 Å². The first kappa shape index (κ1) is 11.2. The summed E-state index contributed by atoms with van der Waals surface area (Å²) in [5.74, 6) is 0.819. The Balaban J connectivity index is 2.42. The maximum Gasteiger partial charge on any atom is 0.167 e. The number of rotatable bonds is 2. The van der Waals surface area contributed by atoms with E-state index in [4.69, 9.17) is 15.2 Å². The van der Waals surface area contributed by atoms with E-state index < -0.39 is 5.54 Å². The van der Waals surface area contributed by atoms with Crippen LogP contribution in [0.15, 0.2) is 12.1 Å². The monoisotopic (exact) mass is 225 g/mol. The van der Waals surface area contributed by atoms with Gasteiger partial charge < -0.3 is 15.2 Å². The molecule has 0 fully saturated rings. The van der Waals surface area contributed by atoms with Gasteiger partial charge in [0, 0.05) is 11.1 Å². The fraction of sp³-hybridized carbons (Fsp3) is 0.500. The van der Waals surface area contributed by atoms with Gasteiger partial charge in [0.1, 0.15) is 19.0 Å². The second-order valence-electron chi connectivity index (χ2n) is 4.72. The smallest absolute Gasteiger partial charge is 0.167 e. The molecular weight excluding hydrogens is 209 g/mol. The van der Waals surface area contributed by atoms with Crippen LogP contribution in [0.1, 0.15) is 19.4 Å². The first-order valence-electron chi connectivity index (χ1n) is 5.33. The van der Waals surface area contributed by atoms with Gasteiger partial charge in [-0.2, -0.15) is 0 Å². The zero-order valence-corrected chi connectivity index (χ0v) is 9.55. The van der Waals surface area contributed by atoms with Crippen molar-refractivity contribution in [2.24, 2.45) is 5.73 Å². The van der Waals surface area contributed by atoms with Gasteiger partial charge in [-0.1, -0.05) is 0 Å².